The van der Waals surface area contributed by atoms with Crippen LogP contribution in [0.3, 0.4) is 0 Å². The Hall–Kier alpha value is -4.49. The predicted octanol–water partition coefficient (Wildman–Crippen LogP) is 9.03. The number of pyridine rings is 1. The van der Waals surface area contributed by atoms with Crippen LogP contribution in [0.2, 0.25) is 0 Å². The van der Waals surface area contributed by atoms with Gasteiger partial charge in [0, 0.05) is 23.5 Å². The summed E-state index contributed by atoms with van der Waals surface area (Å²) in [6.07, 6.45) is 4.01. The van der Waals surface area contributed by atoms with E-state index in [0.29, 0.717) is 0 Å². The number of rotatable bonds is 2. The normalized spacial score (nSPS) is 11.5. The van der Waals surface area contributed by atoms with Crippen LogP contribution in [0.25, 0.3) is 65.3 Å². The van der Waals surface area contributed by atoms with E-state index in [1.165, 1.54) is 54.2 Å². The first-order valence-corrected chi connectivity index (χ1v) is 11.6. The van der Waals surface area contributed by atoms with E-state index in [9.17, 15) is 0 Å². The van der Waals surface area contributed by atoms with Crippen LogP contribution in [0, 0.1) is 0 Å². The van der Waals surface area contributed by atoms with Gasteiger partial charge in [0.25, 0.3) is 0 Å². The fourth-order valence-electron chi connectivity index (χ4n) is 5.36. The summed E-state index contributed by atoms with van der Waals surface area (Å²) in [6.45, 7) is 0. The van der Waals surface area contributed by atoms with Crippen molar-refractivity contribution in [3.8, 4) is 22.3 Å². The fraction of sp³-hybridized carbons (Fsp3) is 0. The van der Waals surface area contributed by atoms with Gasteiger partial charge in [-0.2, -0.15) is 0 Å². The number of hydrogen-bond acceptors (Lipinski definition) is 1. The smallest absolute Gasteiger partial charge is 0.0347 e. The Balaban J connectivity index is 1.58. The van der Waals surface area contributed by atoms with E-state index in [1.54, 1.807) is 0 Å². The van der Waals surface area contributed by atoms with Crippen molar-refractivity contribution in [3.05, 3.63) is 128 Å². The minimum absolute atomic E-state index is 1.14. The van der Waals surface area contributed by atoms with Gasteiger partial charge < -0.3 is 0 Å². The van der Waals surface area contributed by atoms with Crippen LogP contribution in [-0.2, 0) is 0 Å². The molecule has 34 heavy (non-hydrogen) atoms. The summed E-state index contributed by atoms with van der Waals surface area (Å²) in [5, 5.41) is 10.0. The lowest BCUT2D eigenvalue weighted by Crippen LogP contribution is -1.90. The van der Waals surface area contributed by atoms with Crippen molar-refractivity contribution in [2.75, 3.05) is 0 Å². The Morgan fingerprint density at radius 1 is 0.353 bits per heavy atom. The largest absolute Gasteiger partial charge is 0.263 e. The van der Waals surface area contributed by atoms with Gasteiger partial charge in [-0.05, 0) is 72.4 Å². The van der Waals surface area contributed by atoms with Gasteiger partial charge in [-0.15, -0.1) is 0 Å². The number of nitrogens with zero attached hydrogens (tertiary/aromatic N) is 1. The summed E-state index contributed by atoms with van der Waals surface area (Å²) in [4.78, 5) is 4.76. The maximum absolute atomic E-state index is 4.76. The van der Waals surface area contributed by atoms with E-state index in [4.69, 9.17) is 4.98 Å². The second-order valence-corrected chi connectivity index (χ2v) is 8.85. The monoisotopic (exact) mass is 431 g/mol. The third-order valence-corrected chi connectivity index (χ3v) is 6.86. The highest BCUT2D eigenvalue weighted by Crippen LogP contribution is 2.40. The summed E-state index contributed by atoms with van der Waals surface area (Å²) in [5.74, 6) is 0. The number of hydrogen-bond donors (Lipinski definition) is 0. The van der Waals surface area contributed by atoms with Crippen molar-refractivity contribution >= 4 is 43.1 Å². The zero-order valence-corrected chi connectivity index (χ0v) is 18.6. The van der Waals surface area contributed by atoms with Crippen LogP contribution in [0.15, 0.2) is 128 Å². The molecule has 1 heterocycles. The lowest BCUT2D eigenvalue weighted by Gasteiger charge is -2.15. The van der Waals surface area contributed by atoms with Gasteiger partial charge in [0.2, 0.25) is 0 Å². The molecule has 1 aromatic heterocycles. The molecule has 0 radical (unpaired) electrons. The van der Waals surface area contributed by atoms with Crippen molar-refractivity contribution in [1.29, 1.82) is 0 Å². The lowest BCUT2D eigenvalue weighted by atomic mass is 9.89. The van der Waals surface area contributed by atoms with Crippen molar-refractivity contribution in [1.82, 2.24) is 4.98 Å². The molecule has 6 aromatic carbocycles. The molecule has 0 aliphatic heterocycles. The molecule has 0 aliphatic rings. The van der Waals surface area contributed by atoms with Gasteiger partial charge >= 0.3 is 0 Å². The third-order valence-electron chi connectivity index (χ3n) is 6.86. The summed E-state index contributed by atoms with van der Waals surface area (Å²) >= 11 is 0. The molecule has 0 saturated carbocycles. The average molecular weight is 432 g/mol. The molecule has 0 bridgehead atoms. The molecule has 0 N–H and O–H groups in total. The molecular formula is C33H21N. The minimum Gasteiger partial charge on any atom is -0.263 e. The van der Waals surface area contributed by atoms with Crippen LogP contribution in [0.4, 0.5) is 0 Å². The average Bonchev–Trinajstić information content (AvgIpc) is 2.90. The second kappa shape index (κ2) is 7.54. The highest BCUT2D eigenvalue weighted by Gasteiger charge is 2.14. The molecule has 7 aromatic rings. The first-order valence-electron chi connectivity index (χ1n) is 11.6. The molecule has 158 valence electrons. The highest BCUT2D eigenvalue weighted by molar-refractivity contribution is 6.15. The Morgan fingerprint density at radius 2 is 0.676 bits per heavy atom. The molecule has 0 saturated heterocycles. The van der Waals surface area contributed by atoms with Gasteiger partial charge in [-0.3, -0.25) is 4.98 Å². The fourth-order valence-corrected chi connectivity index (χ4v) is 5.36. The second-order valence-electron chi connectivity index (χ2n) is 8.85. The Labute approximate surface area is 197 Å². The van der Waals surface area contributed by atoms with Crippen LogP contribution in [-0.4, -0.2) is 4.98 Å². The lowest BCUT2D eigenvalue weighted by molar-refractivity contribution is 1.34. The first kappa shape index (κ1) is 19.0. The summed E-state index contributed by atoms with van der Waals surface area (Å²) < 4.78 is 0. The van der Waals surface area contributed by atoms with Gasteiger partial charge in [0.1, 0.15) is 0 Å². The Bertz CT molecular complexity index is 1620. The Kier molecular flexibility index (Phi) is 4.22. The number of aromatic nitrogens is 1. The molecule has 0 unspecified atom stereocenters. The summed E-state index contributed by atoms with van der Waals surface area (Å²) in [6, 6.07) is 41.5. The van der Waals surface area contributed by atoms with Gasteiger partial charge in [-0.25, -0.2) is 0 Å². The third kappa shape index (κ3) is 2.91. The molecule has 0 aliphatic carbocycles. The SMILES string of the molecule is c1ccc2c(-c3cncc(-c4c5ccccc5cc5ccccc45)c3)c3ccccc3cc2c1. The first-order chi connectivity index (χ1) is 16.9. The van der Waals surface area contributed by atoms with E-state index in [0.717, 1.165) is 11.1 Å². The maximum Gasteiger partial charge on any atom is 0.0347 e. The van der Waals surface area contributed by atoms with E-state index < -0.39 is 0 Å². The van der Waals surface area contributed by atoms with Crippen molar-refractivity contribution in [2.24, 2.45) is 0 Å². The van der Waals surface area contributed by atoms with Crippen LogP contribution in [0.5, 0.6) is 0 Å². The quantitative estimate of drug-likeness (QED) is 0.249. The van der Waals surface area contributed by atoms with Crippen LogP contribution >= 0.6 is 0 Å². The summed E-state index contributed by atoms with van der Waals surface area (Å²) in [7, 11) is 0. The van der Waals surface area contributed by atoms with Crippen LogP contribution < -0.4 is 0 Å². The molecule has 0 amide bonds. The van der Waals surface area contributed by atoms with E-state index in [1.807, 2.05) is 12.4 Å². The van der Waals surface area contributed by atoms with Gasteiger partial charge in [-0.1, -0.05) is 97.1 Å². The molecule has 7 rings (SSSR count). The number of benzene rings is 6. The molecule has 0 fully saturated rings. The zero-order chi connectivity index (χ0) is 22.5. The van der Waals surface area contributed by atoms with E-state index in [-0.39, 0.29) is 0 Å². The minimum atomic E-state index is 1.14. The Morgan fingerprint density at radius 3 is 1.03 bits per heavy atom. The maximum atomic E-state index is 4.76. The molecular weight excluding hydrogens is 410 g/mol. The topological polar surface area (TPSA) is 12.9 Å². The van der Waals surface area contributed by atoms with Crippen molar-refractivity contribution in [3.63, 3.8) is 0 Å². The van der Waals surface area contributed by atoms with Crippen molar-refractivity contribution < 1.29 is 0 Å². The molecule has 0 spiro atoms. The number of fused-ring (bicyclic) bond motifs is 4. The van der Waals surface area contributed by atoms with Crippen LogP contribution in [0.1, 0.15) is 0 Å². The van der Waals surface area contributed by atoms with Crippen molar-refractivity contribution in [2.45, 2.75) is 0 Å². The van der Waals surface area contributed by atoms with Gasteiger partial charge in [0.05, 0.1) is 0 Å². The van der Waals surface area contributed by atoms with Gasteiger partial charge in [0.15, 0.2) is 0 Å². The van der Waals surface area contributed by atoms with E-state index in [2.05, 4.69) is 115 Å². The molecule has 1 heteroatoms. The molecule has 0 atom stereocenters. The predicted molar refractivity (Wildman–Crippen MR) is 145 cm³/mol. The zero-order valence-electron chi connectivity index (χ0n) is 18.6. The molecule has 1 nitrogen and oxygen atoms in total. The summed E-state index contributed by atoms with van der Waals surface area (Å²) in [5.41, 5.74) is 4.77. The standard InChI is InChI=1S/C33H21N/c1-5-13-28-22(9-1)17-23-10-2-6-14-29(23)32(28)26-19-27(21-34-20-26)33-30-15-7-3-11-24(30)18-25-12-4-8-16-31(25)33/h1-21H. The van der Waals surface area contributed by atoms with E-state index >= 15 is 0 Å². The highest BCUT2D eigenvalue weighted by atomic mass is 14.6.